The molecule has 0 radical (unpaired) electrons. The zero-order chi connectivity index (χ0) is 19.6. The smallest absolute Gasteiger partial charge is 0.276 e. The number of aliphatic hydroxyl groups is 1. The van der Waals surface area contributed by atoms with E-state index in [2.05, 4.69) is 10.3 Å². The topological polar surface area (TPSA) is 109 Å². The number of aliphatic hydroxyl groups excluding tert-OH is 1. The Kier molecular flexibility index (Phi) is 5.53. The van der Waals surface area contributed by atoms with E-state index in [1.165, 1.54) is 38.3 Å². The second-order valence-electron chi connectivity index (χ2n) is 6.32. The fourth-order valence-corrected chi connectivity index (χ4v) is 3.72. The molecule has 0 aliphatic carbocycles. The minimum absolute atomic E-state index is 0.0525. The van der Waals surface area contributed by atoms with E-state index in [9.17, 15) is 22.7 Å². The minimum atomic E-state index is -3.27. The quantitative estimate of drug-likeness (QED) is 0.753. The molecular weight excluding hydrogens is 377 g/mol. The average molecular weight is 397 g/mol. The number of sulfonamides is 1. The van der Waals surface area contributed by atoms with Crippen molar-refractivity contribution in [2.75, 3.05) is 32.4 Å². The molecule has 1 aliphatic rings. The Hall–Kier alpha value is -2.37. The van der Waals surface area contributed by atoms with Crippen molar-refractivity contribution in [3.8, 4) is 0 Å². The Labute approximate surface area is 156 Å². The number of piperazine rings is 1. The third kappa shape index (κ3) is 4.49. The summed E-state index contributed by atoms with van der Waals surface area (Å²) in [5.41, 5.74) is 0.223. The zero-order valence-corrected chi connectivity index (χ0v) is 15.5. The molecule has 1 atom stereocenters. The summed E-state index contributed by atoms with van der Waals surface area (Å²) in [5, 5.41) is 17.8. The molecule has 1 aliphatic heterocycles. The standard InChI is InChI=1S/C16H20FN5O4S/c1-27(25,26)22-8-6-20(7-9-22)16(24)14-10-21(19-18-14)11-15(23)12-4-2-3-5-13(12)17/h2-5,10,15,23H,6-9,11H2,1H3. The van der Waals surface area contributed by atoms with Crippen molar-refractivity contribution >= 4 is 15.9 Å². The second-order valence-corrected chi connectivity index (χ2v) is 8.30. The molecule has 2 aromatic rings. The van der Waals surface area contributed by atoms with E-state index in [4.69, 9.17) is 0 Å². The van der Waals surface area contributed by atoms with Crippen LogP contribution in [0.4, 0.5) is 4.39 Å². The molecule has 1 aromatic heterocycles. The summed E-state index contributed by atoms with van der Waals surface area (Å²) in [6.45, 7) is 0.922. The zero-order valence-electron chi connectivity index (χ0n) is 14.7. The Morgan fingerprint density at radius 1 is 1.26 bits per heavy atom. The van der Waals surface area contributed by atoms with Crippen LogP contribution in [-0.2, 0) is 16.6 Å². The predicted molar refractivity (Wildman–Crippen MR) is 93.7 cm³/mol. The van der Waals surface area contributed by atoms with Gasteiger partial charge in [-0.05, 0) is 6.07 Å². The van der Waals surface area contributed by atoms with Gasteiger partial charge in [-0.2, -0.15) is 4.31 Å². The lowest BCUT2D eigenvalue weighted by Gasteiger charge is -2.32. The summed E-state index contributed by atoms with van der Waals surface area (Å²) in [5.74, 6) is -0.889. The van der Waals surface area contributed by atoms with Crippen LogP contribution in [0.5, 0.6) is 0 Å². The van der Waals surface area contributed by atoms with Gasteiger partial charge in [0.05, 0.1) is 19.0 Å². The molecular formula is C16H20FN5O4S. The molecule has 0 bridgehead atoms. The lowest BCUT2D eigenvalue weighted by atomic mass is 10.1. The molecule has 1 saturated heterocycles. The third-order valence-corrected chi connectivity index (χ3v) is 5.68. The summed E-state index contributed by atoms with van der Waals surface area (Å²) in [4.78, 5) is 14.0. The summed E-state index contributed by atoms with van der Waals surface area (Å²) >= 11 is 0. The first kappa shape index (κ1) is 19.4. The van der Waals surface area contributed by atoms with Gasteiger partial charge in [0, 0.05) is 31.7 Å². The number of aromatic nitrogens is 3. The van der Waals surface area contributed by atoms with Gasteiger partial charge in [0.15, 0.2) is 5.69 Å². The van der Waals surface area contributed by atoms with Gasteiger partial charge in [-0.25, -0.2) is 17.5 Å². The number of rotatable bonds is 5. The van der Waals surface area contributed by atoms with Crippen LogP contribution in [0.15, 0.2) is 30.5 Å². The maximum atomic E-state index is 13.7. The second kappa shape index (κ2) is 7.71. The van der Waals surface area contributed by atoms with Crippen LogP contribution in [-0.4, -0.2) is 76.1 Å². The van der Waals surface area contributed by atoms with Crippen molar-refractivity contribution in [3.63, 3.8) is 0 Å². The lowest BCUT2D eigenvalue weighted by molar-refractivity contribution is 0.0692. The molecule has 9 nitrogen and oxygen atoms in total. The normalized spacial score (nSPS) is 17.1. The van der Waals surface area contributed by atoms with Gasteiger partial charge in [-0.15, -0.1) is 5.10 Å². The van der Waals surface area contributed by atoms with E-state index in [1.54, 1.807) is 6.07 Å². The minimum Gasteiger partial charge on any atom is -0.386 e. The fourth-order valence-electron chi connectivity index (χ4n) is 2.89. The third-order valence-electron chi connectivity index (χ3n) is 4.38. The van der Waals surface area contributed by atoms with Crippen LogP contribution in [0.25, 0.3) is 0 Å². The molecule has 0 saturated carbocycles. The maximum Gasteiger partial charge on any atom is 0.276 e. The molecule has 1 amide bonds. The van der Waals surface area contributed by atoms with Crippen molar-refractivity contribution in [1.82, 2.24) is 24.2 Å². The van der Waals surface area contributed by atoms with E-state index < -0.39 is 21.9 Å². The first-order chi connectivity index (χ1) is 12.8. The molecule has 1 aromatic carbocycles. The van der Waals surface area contributed by atoms with Gasteiger partial charge >= 0.3 is 0 Å². The Morgan fingerprint density at radius 3 is 2.56 bits per heavy atom. The molecule has 1 N–H and O–H groups in total. The van der Waals surface area contributed by atoms with Crippen molar-refractivity contribution in [3.05, 3.63) is 47.5 Å². The number of nitrogens with zero attached hydrogens (tertiary/aromatic N) is 5. The van der Waals surface area contributed by atoms with Crippen LogP contribution in [0.1, 0.15) is 22.2 Å². The number of amides is 1. The fraction of sp³-hybridized carbons (Fsp3) is 0.438. The van der Waals surface area contributed by atoms with Crippen LogP contribution in [0, 0.1) is 5.82 Å². The van der Waals surface area contributed by atoms with Crippen LogP contribution >= 0.6 is 0 Å². The summed E-state index contributed by atoms with van der Waals surface area (Å²) in [7, 11) is -3.27. The Bertz CT molecular complexity index is 924. The number of halogens is 1. The first-order valence-electron chi connectivity index (χ1n) is 8.32. The largest absolute Gasteiger partial charge is 0.386 e. The van der Waals surface area contributed by atoms with Crippen molar-refractivity contribution in [1.29, 1.82) is 0 Å². The Morgan fingerprint density at radius 2 is 1.93 bits per heavy atom. The highest BCUT2D eigenvalue weighted by atomic mass is 32.2. The highest BCUT2D eigenvalue weighted by Crippen LogP contribution is 2.18. The number of carbonyl (C=O) groups is 1. The predicted octanol–water partition coefficient (Wildman–Crippen LogP) is -0.132. The molecule has 1 unspecified atom stereocenters. The number of hydrogen-bond donors (Lipinski definition) is 1. The number of hydrogen-bond acceptors (Lipinski definition) is 6. The number of benzene rings is 1. The molecule has 2 heterocycles. The molecule has 27 heavy (non-hydrogen) atoms. The van der Waals surface area contributed by atoms with Crippen molar-refractivity contribution in [2.45, 2.75) is 12.6 Å². The van der Waals surface area contributed by atoms with Gasteiger partial charge in [0.1, 0.15) is 11.9 Å². The highest BCUT2D eigenvalue weighted by Gasteiger charge is 2.28. The highest BCUT2D eigenvalue weighted by molar-refractivity contribution is 7.88. The molecule has 146 valence electrons. The van der Waals surface area contributed by atoms with E-state index in [-0.39, 0.29) is 49.9 Å². The molecule has 3 rings (SSSR count). The van der Waals surface area contributed by atoms with Crippen molar-refractivity contribution in [2.24, 2.45) is 0 Å². The van der Waals surface area contributed by atoms with E-state index >= 15 is 0 Å². The van der Waals surface area contributed by atoms with Crippen LogP contribution in [0.2, 0.25) is 0 Å². The van der Waals surface area contributed by atoms with Gasteiger partial charge in [0.2, 0.25) is 10.0 Å². The van der Waals surface area contributed by atoms with Crippen LogP contribution in [0.3, 0.4) is 0 Å². The summed E-state index contributed by atoms with van der Waals surface area (Å²) < 4.78 is 39.4. The van der Waals surface area contributed by atoms with Crippen LogP contribution < -0.4 is 0 Å². The van der Waals surface area contributed by atoms with Crippen molar-refractivity contribution < 1.29 is 22.7 Å². The summed E-state index contributed by atoms with van der Waals surface area (Å²) in [6, 6.07) is 5.88. The van der Waals surface area contributed by atoms with E-state index in [0.717, 1.165) is 6.26 Å². The summed E-state index contributed by atoms with van der Waals surface area (Å²) in [6.07, 6.45) is 1.39. The average Bonchev–Trinajstić information content (AvgIpc) is 3.09. The lowest BCUT2D eigenvalue weighted by Crippen LogP contribution is -2.50. The number of carbonyl (C=O) groups excluding carboxylic acids is 1. The molecule has 11 heteroatoms. The molecule has 1 fully saturated rings. The van der Waals surface area contributed by atoms with E-state index in [0.29, 0.717) is 0 Å². The maximum absolute atomic E-state index is 13.7. The molecule has 0 spiro atoms. The van der Waals surface area contributed by atoms with E-state index in [1.807, 2.05) is 0 Å². The monoisotopic (exact) mass is 397 g/mol. The SMILES string of the molecule is CS(=O)(=O)N1CCN(C(=O)c2cn(CC(O)c3ccccc3F)nn2)CC1. The van der Waals surface area contributed by atoms with Gasteiger partial charge in [0.25, 0.3) is 5.91 Å². The van der Waals surface area contributed by atoms with Gasteiger partial charge < -0.3 is 10.0 Å². The van der Waals surface area contributed by atoms with Gasteiger partial charge in [-0.1, -0.05) is 23.4 Å². The van der Waals surface area contributed by atoms with Gasteiger partial charge in [-0.3, -0.25) is 4.79 Å². The Balaban J connectivity index is 1.62. The first-order valence-corrected chi connectivity index (χ1v) is 10.2.